The lowest BCUT2D eigenvalue weighted by Gasteiger charge is -2.21. The molecular formula is C82H160O17P2. The molecule has 101 heavy (non-hydrogen) atoms. The van der Waals surface area contributed by atoms with E-state index in [-0.39, 0.29) is 25.7 Å². The second kappa shape index (κ2) is 73.6. The lowest BCUT2D eigenvalue weighted by molar-refractivity contribution is -0.161. The average molecular weight is 1480 g/mol. The zero-order valence-electron chi connectivity index (χ0n) is 66.2. The number of hydrogen-bond donors (Lipinski definition) is 3. The van der Waals surface area contributed by atoms with Crippen molar-refractivity contribution >= 4 is 39.5 Å². The number of phosphoric ester groups is 2. The second-order valence-electron chi connectivity index (χ2n) is 30.2. The van der Waals surface area contributed by atoms with Crippen LogP contribution in [0.3, 0.4) is 0 Å². The highest BCUT2D eigenvalue weighted by Gasteiger charge is 2.30. The van der Waals surface area contributed by atoms with Crippen LogP contribution in [0, 0.1) is 11.8 Å². The second-order valence-corrected chi connectivity index (χ2v) is 33.1. The number of unbranched alkanes of at least 4 members (excludes halogenated alkanes) is 50. The van der Waals surface area contributed by atoms with E-state index in [1.54, 1.807) is 0 Å². The number of hydrogen-bond acceptors (Lipinski definition) is 15. The van der Waals surface area contributed by atoms with Crippen LogP contribution in [0.1, 0.15) is 433 Å². The number of carbonyl (C=O) groups is 4. The first-order chi connectivity index (χ1) is 48.9. The lowest BCUT2D eigenvalue weighted by atomic mass is 10.00. The van der Waals surface area contributed by atoms with Crippen LogP contribution in [-0.2, 0) is 65.4 Å². The summed E-state index contributed by atoms with van der Waals surface area (Å²) in [4.78, 5) is 73.1. The molecule has 0 radical (unpaired) electrons. The van der Waals surface area contributed by atoms with E-state index in [1.807, 2.05) is 0 Å². The fourth-order valence-corrected chi connectivity index (χ4v) is 14.3. The molecule has 0 fully saturated rings. The fraction of sp³-hybridized carbons (Fsp3) is 0.951. The molecule has 0 amide bonds. The number of esters is 4. The molecule has 0 aliphatic carbocycles. The van der Waals surface area contributed by atoms with Gasteiger partial charge in [-0.2, -0.15) is 0 Å². The van der Waals surface area contributed by atoms with Gasteiger partial charge in [0.15, 0.2) is 12.2 Å². The van der Waals surface area contributed by atoms with Crippen LogP contribution in [0.2, 0.25) is 0 Å². The van der Waals surface area contributed by atoms with Crippen molar-refractivity contribution in [2.75, 3.05) is 39.6 Å². The van der Waals surface area contributed by atoms with Crippen molar-refractivity contribution in [3.8, 4) is 0 Å². The minimum Gasteiger partial charge on any atom is -0.462 e. The molecular weight excluding hydrogens is 1320 g/mol. The van der Waals surface area contributed by atoms with Crippen molar-refractivity contribution < 1.29 is 80.2 Å². The van der Waals surface area contributed by atoms with Crippen molar-refractivity contribution in [1.82, 2.24) is 0 Å². The molecule has 3 N–H and O–H groups in total. The molecule has 0 spiro atoms. The quantitative estimate of drug-likeness (QED) is 0.0222. The summed E-state index contributed by atoms with van der Waals surface area (Å²) in [6.07, 6.45) is 63.8. The van der Waals surface area contributed by atoms with Gasteiger partial charge in [0, 0.05) is 25.7 Å². The molecule has 0 aliphatic heterocycles. The molecule has 19 heteroatoms. The first-order valence-corrected chi connectivity index (χ1v) is 45.5. The third-order valence-electron chi connectivity index (χ3n) is 19.6. The summed E-state index contributed by atoms with van der Waals surface area (Å²) in [5, 5.41) is 10.6. The van der Waals surface area contributed by atoms with E-state index >= 15 is 0 Å². The largest absolute Gasteiger partial charge is 0.472 e. The summed E-state index contributed by atoms with van der Waals surface area (Å²) in [5.74, 6) is -0.567. The van der Waals surface area contributed by atoms with Gasteiger partial charge in [0.2, 0.25) is 0 Å². The maximum absolute atomic E-state index is 13.1. The average Bonchev–Trinajstić information content (AvgIpc) is 0.940. The van der Waals surface area contributed by atoms with E-state index in [0.29, 0.717) is 25.7 Å². The third kappa shape index (κ3) is 74.7. The number of rotatable bonds is 81. The Labute approximate surface area is 619 Å². The molecule has 600 valence electrons. The van der Waals surface area contributed by atoms with E-state index in [1.165, 1.54) is 244 Å². The number of carbonyl (C=O) groups excluding carboxylic acids is 4. The van der Waals surface area contributed by atoms with Crippen LogP contribution in [0.4, 0.5) is 0 Å². The van der Waals surface area contributed by atoms with Crippen LogP contribution >= 0.6 is 15.6 Å². The molecule has 0 heterocycles. The van der Waals surface area contributed by atoms with Gasteiger partial charge in [-0.1, -0.05) is 382 Å². The Kier molecular flexibility index (Phi) is 72.2. The normalized spacial score (nSPS) is 14.2. The van der Waals surface area contributed by atoms with Crippen LogP contribution < -0.4 is 0 Å². The molecule has 0 saturated heterocycles. The molecule has 0 aromatic carbocycles. The Morgan fingerprint density at radius 2 is 0.505 bits per heavy atom. The Balaban J connectivity index is 5.24. The van der Waals surface area contributed by atoms with Gasteiger partial charge in [-0.25, -0.2) is 9.13 Å². The zero-order chi connectivity index (χ0) is 74.2. The smallest absolute Gasteiger partial charge is 0.462 e. The Hall–Kier alpha value is -1.94. The monoisotopic (exact) mass is 1480 g/mol. The van der Waals surface area contributed by atoms with Crippen molar-refractivity contribution in [1.29, 1.82) is 0 Å². The Morgan fingerprint density at radius 3 is 0.752 bits per heavy atom. The van der Waals surface area contributed by atoms with Gasteiger partial charge in [-0.05, 0) is 37.5 Å². The van der Waals surface area contributed by atoms with Crippen LogP contribution in [0.15, 0.2) is 0 Å². The highest BCUT2D eigenvalue weighted by atomic mass is 31.2. The molecule has 0 aromatic rings. The number of aliphatic hydroxyl groups excluding tert-OH is 1. The molecule has 0 aromatic heterocycles. The van der Waals surface area contributed by atoms with Crippen molar-refractivity contribution in [2.24, 2.45) is 11.8 Å². The van der Waals surface area contributed by atoms with Crippen molar-refractivity contribution in [2.45, 2.75) is 452 Å². The maximum Gasteiger partial charge on any atom is 0.472 e. The summed E-state index contributed by atoms with van der Waals surface area (Å²) in [5.41, 5.74) is 0. The molecule has 3 unspecified atom stereocenters. The minimum atomic E-state index is -4.96. The summed E-state index contributed by atoms with van der Waals surface area (Å²) in [7, 11) is -9.92. The summed E-state index contributed by atoms with van der Waals surface area (Å²) in [6.45, 7) is 9.64. The van der Waals surface area contributed by atoms with Gasteiger partial charge in [0.1, 0.15) is 19.3 Å². The van der Waals surface area contributed by atoms with Gasteiger partial charge in [0.25, 0.3) is 0 Å². The zero-order valence-corrected chi connectivity index (χ0v) is 68.0. The van der Waals surface area contributed by atoms with Gasteiger partial charge in [-0.15, -0.1) is 0 Å². The van der Waals surface area contributed by atoms with E-state index < -0.39 is 97.5 Å². The molecule has 0 rings (SSSR count). The van der Waals surface area contributed by atoms with E-state index in [4.69, 9.17) is 37.0 Å². The van der Waals surface area contributed by atoms with Gasteiger partial charge in [-0.3, -0.25) is 37.3 Å². The lowest BCUT2D eigenvalue weighted by Crippen LogP contribution is -2.30. The topological polar surface area (TPSA) is 237 Å². The predicted octanol–water partition coefficient (Wildman–Crippen LogP) is 24.7. The molecule has 6 atom stereocenters. The SMILES string of the molecule is CCCCCCCCCCCCCCCCCCCC(=O)OC[C@H](COP(=O)(O)OC[C@@H](O)COP(=O)(O)OC[C@@H](COC(=O)CCCCCCCCC(C)CC)OC(=O)CCCCCCCCCCCCCCCCC)OC(=O)CCCCCCCCCCCCCCCCCCC(C)C. The van der Waals surface area contributed by atoms with Crippen molar-refractivity contribution in [3.05, 3.63) is 0 Å². The van der Waals surface area contributed by atoms with Gasteiger partial charge in [0.05, 0.1) is 26.4 Å². The van der Waals surface area contributed by atoms with Crippen LogP contribution in [0.25, 0.3) is 0 Å². The van der Waals surface area contributed by atoms with Crippen molar-refractivity contribution in [3.63, 3.8) is 0 Å². The van der Waals surface area contributed by atoms with E-state index in [0.717, 1.165) is 108 Å². The number of aliphatic hydroxyl groups is 1. The molecule has 0 bridgehead atoms. The molecule has 17 nitrogen and oxygen atoms in total. The van der Waals surface area contributed by atoms with E-state index in [9.17, 15) is 43.2 Å². The fourth-order valence-electron chi connectivity index (χ4n) is 12.7. The highest BCUT2D eigenvalue weighted by Crippen LogP contribution is 2.45. The predicted molar refractivity (Wildman–Crippen MR) is 414 cm³/mol. The summed E-state index contributed by atoms with van der Waals surface area (Å²) in [6, 6.07) is 0. The third-order valence-corrected chi connectivity index (χ3v) is 21.5. The highest BCUT2D eigenvalue weighted by molar-refractivity contribution is 7.47. The van der Waals surface area contributed by atoms with Crippen LogP contribution in [0.5, 0.6) is 0 Å². The first kappa shape index (κ1) is 99.1. The van der Waals surface area contributed by atoms with Gasteiger partial charge < -0.3 is 33.8 Å². The Morgan fingerprint density at radius 1 is 0.287 bits per heavy atom. The minimum absolute atomic E-state index is 0.107. The number of phosphoric acid groups is 2. The maximum atomic E-state index is 13.1. The van der Waals surface area contributed by atoms with Crippen LogP contribution in [-0.4, -0.2) is 96.7 Å². The molecule has 0 saturated carbocycles. The standard InChI is InChI=1S/C82H160O17P2/c1-7-10-12-14-16-18-20-22-24-25-30-33-37-41-45-52-58-64-79(84)92-70-77(98-81(86)66-61-55-47-43-39-35-31-27-26-29-32-36-40-44-50-56-62-74(4)5)72-96-100(88,89)94-68-76(83)69-95-101(90,91)97-73-78(71-93-80(85)65-59-53-49-48-51-57-63-75(6)9-3)99-82(87)67-60-54-46-42-38-34-28-23-21-19-17-15-13-11-8-2/h74-78,83H,7-73H2,1-6H3,(H,88,89)(H,90,91)/t75?,76-,77-,78-/m1/s1. The summed E-state index contributed by atoms with van der Waals surface area (Å²) >= 11 is 0. The van der Waals surface area contributed by atoms with Gasteiger partial charge >= 0.3 is 39.5 Å². The van der Waals surface area contributed by atoms with E-state index in [2.05, 4.69) is 41.5 Å². The summed E-state index contributed by atoms with van der Waals surface area (Å²) < 4.78 is 68.8. The Bertz CT molecular complexity index is 1940. The number of ether oxygens (including phenoxy) is 4. The first-order valence-electron chi connectivity index (χ1n) is 42.5. The molecule has 0 aliphatic rings.